The third kappa shape index (κ3) is 5.81. The van der Waals surface area contributed by atoms with Crippen molar-refractivity contribution in [1.29, 1.82) is 0 Å². The minimum atomic E-state index is -0.557. The van der Waals surface area contributed by atoms with Crippen LogP contribution in [-0.2, 0) is 13.1 Å². The van der Waals surface area contributed by atoms with E-state index in [4.69, 9.17) is 5.73 Å². The summed E-state index contributed by atoms with van der Waals surface area (Å²) in [5.41, 5.74) is 9.34. The Labute approximate surface area is 172 Å². The van der Waals surface area contributed by atoms with Crippen LogP contribution in [-0.4, -0.2) is 47.9 Å². The van der Waals surface area contributed by atoms with E-state index in [-0.39, 0.29) is 5.91 Å². The van der Waals surface area contributed by atoms with Gasteiger partial charge >= 0.3 is 6.03 Å². The Kier molecular flexibility index (Phi) is 6.88. The number of amides is 3. The lowest BCUT2D eigenvalue weighted by Crippen LogP contribution is -2.48. The maximum absolute atomic E-state index is 12.8. The van der Waals surface area contributed by atoms with Crippen LogP contribution in [0, 0.1) is 0 Å². The third-order valence-electron chi connectivity index (χ3n) is 5.38. The molecule has 29 heavy (non-hydrogen) atoms. The molecule has 6 heteroatoms. The molecule has 154 valence electrons. The molecule has 6 nitrogen and oxygen atoms in total. The third-order valence-corrected chi connectivity index (χ3v) is 5.38. The summed E-state index contributed by atoms with van der Waals surface area (Å²) in [6.07, 6.45) is 0. The normalized spacial score (nSPS) is 14.8. The lowest BCUT2D eigenvalue weighted by molar-refractivity contribution is 0.0628. The van der Waals surface area contributed by atoms with Crippen LogP contribution in [0.5, 0.6) is 0 Å². The number of hydrogen-bond donors (Lipinski definition) is 2. The van der Waals surface area contributed by atoms with Crippen molar-refractivity contribution in [1.82, 2.24) is 15.1 Å². The van der Waals surface area contributed by atoms with Crippen molar-refractivity contribution in [2.75, 3.05) is 26.2 Å². The fourth-order valence-corrected chi connectivity index (χ4v) is 3.51. The van der Waals surface area contributed by atoms with E-state index < -0.39 is 6.03 Å². The number of nitrogens with zero attached hydrogens (tertiary/aromatic N) is 2. The van der Waals surface area contributed by atoms with E-state index in [0.717, 1.165) is 38.3 Å². The molecular weight excluding hydrogens is 364 g/mol. The van der Waals surface area contributed by atoms with Crippen molar-refractivity contribution in [2.45, 2.75) is 32.9 Å². The van der Waals surface area contributed by atoms with Gasteiger partial charge < -0.3 is 16.0 Å². The van der Waals surface area contributed by atoms with Crippen LogP contribution in [0.15, 0.2) is 48.5 Å². The van der Waals surface area contributed by atoms with Crippen LogP contribution in [0.1, 0.15) is 46.8 Å². The predicted octanol–water partition coefficient (Wildman–Crippen LogP) is 2.94. The van der Waals surface area contributed by atoms with Crippen molar-refractivity contribution in [3.05, 3.63) is 70.8 Å². The number of urea groups is 1. The number of carbonyl (C=O) groups is 2. The number of nitrogens with two attached hydrogens (primary N) is 1. The van der Waals surface area contributed by atoms with Gasteiger partial charge in [0.05, 0.1) is 0 Å². The number of hydrogen-bond acceptors (Lipinski definition) is 3. The van der Waals surface area contributed by atoms with Gasteiger partial charge in [-0.05, 0) is 34.7 Å². The molecule has 3 rings (SSSR count). The molecule has 0 spiro atoms. The highest BCUT2D eigenvalue weighted by molar-refractivity contribution is 5.94. The minimum absolute atomic E-state index is 0.0559. The van der Waals surface area contributed by atoms with Gasteiger partial charge in [0.2, 0.25) is 0 Å². The summed E-state index contributed by atoms with van der Waals surface area (Å²) in [4.78, 5) is 27.9. The van der Waals surface area contributed by atoms with Crippen molar-refractivity contribution in [2.24, 2.45) is 5.73 Å². The molecule has 1 heterocycles. The zero-order valence-electron chi connectivity index (χ0n) is 17.2. The summed E-state index contributed by atoms with van der Waals surface area (Å²) in [5, 5.41) is 2.55. The molecule has 0 atom stereocenters. The summed E-state index contributed by atoms with van der Waals surface area (Å²) < 4.78 is 0. The maximum Gasteiger partial charge on any atom is 0.312 e. The molecule has 1 fully saturated rings. The average Bonchev–Trinajstić information content (AvgIpc) is 2.73. The van der Waals surface area contributed by atoms with Gasteiger partial charge in [0.1, 0.15) is 0 Å². The average molecular weight is 395 g/mol. The van der Waals surface area contributed by atoms with Gasteiger partial charge in [-0.3, -0.25) is 9.69 Å². The number of benzene rings is 2. The van der Waals surface area contributed by atoms with E-state index in [1.54, 1.807) is 0 Å². The topological polar surface area (TPSA) is 78.7 Å². The smallest absolute Gasteiger partial charge is 0.312 e. The molecule has 0 aliphatic carbocycles. The first kappa shape index (κ1) is 20.9. The van der Waals surface area contributed by atoms with Gasteiger partial charge in [-0.25, -0.2) is 4.79 Å². The Morgan fingerprint density at radius 3 is 2.07 bits per heavy atom. The van der Waals surface area contributed by atoms with E-state index in [2.05, 4.69) is 48.3 Å². The first-order valence-corrected chi connectivity index (χ1v) is 10.1. The van der Waals surface area contributed by atoms with Crippen molar-refractivity contribution in [3.8, 4) is 0 Å². The van der Waals surface area contributed by atoms with Crippen LogP contribution in [0.3, 0.4) is 0 Å². The minimum Gasteiger partial charge on any atom is -0.352 e. The van der Waals surface area contributed by atoms with E-state index in [9.17, 15) is 9.59 Å². The Balaban J connectivity index is 1.49. The fourth-order valence-electron chi connectivity index (χ4n) is 3.51. The number of rotatable bonds is 6. The van der Waals surface area contributed by atoms with Crippen LogP contribution in [0.25, 0.3) is 0 Å². The SMILES string of the molecule is CC(C)c1ccc(CN2CCN(C(=O)c3ccc(CNC(N)=O)cc3)CC2)cc1. The molecule has 3 amide bonds. The molecule has 0 saturated carbocycles. The second-order valence-corrected chi connectivity index (χ2v) is 7.88. The van der Waals surface area contributed by atoms with Crippen LogP contribution < -0.4 is 11.1 Å². The predicted molar refractivity (Wildman–Crippen MR) is 115 cm³/mol. The standard InChI is InChI=1S/C23H30N4O2/c1-17(2)20-7-5-19(6-8-20)16-26-11-13-27(14-12-26)22(28)21-9-3-18(4-10-21)15-25-23(24)29/h3-10,17H,11-16H2,1-2H3,(H3,24,25,29). The number of nitrogens with one attached hydrogen (secondary N) is 1. The largest absolute Gasteiger partial charge is 0.352 e. The van der Waals surface area contributed by atoms with Crippen LogP contribution in [0.4, 0.5) is 4.79 Å². The molecule has 0 bridgehead atoms. The molecule has 2 aromatic rings. The van der Waals surface area contributed by atoms with E-state index in [1.807, 2.05) is 29.2 Å². The van der Waals surface area contributed by atoms with Gasteiger partial charge in [-0.1, -0.05) is 50.2 Å². The molecule has 0 radical (unpaired) electrons. The quantitative estimate of drug-likeness (QED) is 0.791. The molecule has 0 unspecified atom stereocenters. The van der Waals surface area contributed by atoms with E-state index in [1.165, 1.54) is 11.1 Å². The zero-order chi connectivity index (χ0) is 20.8. The lowest BCUT2D eigenvalue weighted by atomic mass is 10.0. The highest BCUT2D eigenvalue weighted by Crippen LogP contribution is 2.17. The fraction of sp³-hybridized carbons (Fsp3) is 0.391. The second kappa shape index (κ2) is 9.56. The molecule has 0 aromatic heterocycles. The number of piperazine rings is 1. The van der Waals surface area contributed by atoms with E-state index >= 15 is 0 Å². The van der Waals surface area contributed by atoms with Crippen LogP contribution in [0.2, 0.25) is 0 Å². The van der Waals surface area contributed by atoms with E-state index in [0.29, 0.717) is 18.0 Å². The zero-order valence-corrected chi connectivity index (χ0v) is 17.2. The van der Waals surface area contributed by atoms with Crippen molar-refractivity contribution < 1.29 is 9.59 Å². The van der Waals surface area contributed by atoms with Crippen LogP contribution >= 0.6 is 0 Å². The summed E-state index contributed by atoms with van der Waals surface area (Å²) in [5.74, 6) is 0.604. The molecule has 3 N–H and O–H groups in total. The second-order valence-electron chi connectivity index (χ2n) is 7.88. The molecule has 1 aliphatic rings. The summed E-state index contributed by atoms with van der Waals surface area (Å²) in [6, 6.07) is 15.6. The van der Waals surface area contributed by atoms with Crippen molar-refractivity contribution >= 4 is 11.9 Å². The summed E-state index contributed by atoms with van der Waals surface area (Å²) in [7, 11) is 0. The Hall–Kier alpha value is -2.86. The highest BCUT2D eigenvalue weighted by Gasteiger charge is 2.22. The number of primary amides is 1. The molecule has 1 saturated heterocycles. The Morgan fingerprint density at radius 1 is 0.931 bits per heavy atom. The van der Waals surface area contributed by atoms with Gasteiger partial charge in [-0.15, -0.1) is 0 Å². The van der Waals surface area contributed by atoms with Gasteiger partial charge in [-0.2, -0.15) is 0 Å². The van der Waals surface area contributed by atoms with Crippen molar-refractivity contribution in [3.63, 3.8) is 0 Å². The first-order valence-electron chi connectivity index (χ1n) is 10.1. The first-order chi connectivity index (χ1) is 13.9. The molecular formula is C23H30N4O2. The highest BCUT2D eigenvalue weighted by atomic mass is 16.2. The van der Waals surface area contributed by atoms with Gasteiger partial charge in [0.15, 0.2) is 0 Å². The summed E-state index contributed by atoms with van der Waals surface area (Å²) in [6.45, 7) is 8.90. The Bertz CT molecular complexity index is 823. The maximum atomic E-state index is 12.8. The summed E-state index contributed by atoms with van der Waals surface area (Å²) >= 11 is 0. The lowest BCUT2D eigenvalue weighted by Gasteiger charge is -2.34. The Morgan fingerprint density at radius 2 is 1.52 bits per heavy atom. The van der Waals surface area contributed by atoms with Gasteiger partial charge in [0.25, 0.3) is 5.91 Å². The number of carbonyl (C=O) groups excluding carboxylic acids is 2. The van der Waals surface area contributed by atoms with Gasteiger partial charge in [0, 0.05) is 44.8 Å². The monoisotopic (exact) mass is 394 g/mol. The molecule has 1 aliphatic heterocycles. The molecule has 2 aromatic carbocycles.